The number of rotatable bonds is 6. The standard InChI is InChI=1S/C16H24N4O/c1-11-8-15(9-17-6-7-21-5)10-18-16(11)20-14(4)12(2)13(3)19-20/h8,10,17H,6-7,9H2,1-5H3. The quantitative estimate of drug-likeness (QED) is 0.828. The van der Waals surface area contributed by atoms with E-state index in [4.69, 9.17) is 4.74 Å². The second-order valence-corrected chi connectivity index (χ2v) is 5.36. The van der Waals surface area contributed by atoms with Gasteiger partial charge in [-0.3, -0.25) is 0 Å². The first kappa shape index (κ1) is 15.7. The fourth-order valence-electron chi connectivity index (χ4n) is 2.28. The molecule has 0 aliphatic rings. The van der Waals surface area contributed by atoms with Crippen LogP contribution in [0.4, 0.5) is 0 Å². The van der Waals surface area contributed by atoms with Crippen molar-refractivity contribution in [2.75, 3.05) is 20.3 Å². The SMILES string of the molecule is COCCNCc1cnc(-n2nc(C)c(C)c2C)c(C)c1. The largest absolute Gasteiger partial charge is 0.383 e. The maximum absolute atomic E-state index is 5.02. The molecule has 114 valence electrons. The smallest absolute Gasteiger partial charge is 0.156 e. The molecule has 2 rings (SSSR count). The zero-order valence-corrected chi connectivity index (χ0v) is 13.5. The first-order valence-electron chi connectivity index (χ1n) is 7.23. The Morgan fingerprint density at radius 1 is 1.24 bits per heavy atom. The molecule has 0 amide bonds. The van der Waals surface area contributed by atoms with Crippen LogP contribution in [0.1, 0.15) is 28.1 Å². The Morgan fingerprint density at radius 3 is 2.57 bits per heavy atom. The van der Waals surface area contributed by atoms with Gasteiger partial charge in [-0.1, -0.05) is 0 Å². The Bertz CT molecular complexity index is 619. The van der Waals surface area contributed by atoms with E-state index < -0.39 is 0 Å². The van der Waals surface area contributed by atoms with Gasteiger partial charge in [-0.15, -0.1) is 0 Å². The predicted octanol–water partition coefficient (Wildman–Crippen LogP) is 2.24. The molecule has 0 atom stereocenters. The molecule has 0 saturated heterocycles. The molecular formula is C16H24N4O. The van der Waals surface area contributed by atoms with Crippen molar-refractivity contribution in [1.82, 2.24) is 20.1 Å². The third-order valence-electron chi connectivity index (χ3n) is 3.77. The minimum atomic E-state index is 0.718. The number of hydrogen-bond donors (Lipinski definition) is 1. The number of aryl methyl sites for hydroxylation is 2. The molecule has 2 aromatic heterocycles. The van der Waals surface area contributed by atoms with E-state index in [0.29, 0.717) is 0 Å². The van der Waals surface area contributed by atoms with Gasteiger partial charge < -0.3 is 10.1 Å². The molecule has 0 radical (unpaired) electrons. The van der Waals surface area contributed by atoms with Gasteiger partial charge in [0.05, 0.1) is 12.3 Å². The number of nitrogens with one attached hydrogen (secondary N) is 1. The molecule has 2 aromatic rings. The molecule has 0 unspecified atom stereocenters. The molecule has 0 aromatic carbocycles. The molecule has 0 spiro atoms. The Hall–Kier alpha value is -1.72. The third kappa shape index (κ3) is 3.49. The molecule has 0 aliphatic heterocycles. The van der Waals surface area contributed by atoms with Gasteiger partial charge in [0.15, 0.2) is 5.82 Å². The number of aromatic nitrogens is 3. The van der Waals surface area contributed by atoms with E-state index in [2.05, 4.69) is 42.2 Å². The summed E-state index contributed by atoms with van der Waals surface area (Å²) in [5, 5.41) is 7.91. The summed E-state index contributed by atoms with van der Waals surface area (Å²) in [6.07, 6.45) is 1.91. The topological polar surface area (TPSA) is 52.0 Å². The fourth-order valence-corrected chi connectivity index (χ4v) is 2.28. The lowest BCUT2D eigenvalue weighted by molar-refractivity contribution is 0.199. The van der Waals surface area contributed by atoms with Gasteiger partial charge >= 0.3 is 0 Å². The highest BCUT2D eigenvalue weighted by Crippen LogP contribution is 2.18. The first-order valence-corrected chi connectivity index (χ1v) is 7.23. The van der Waals surface area contributed by atoms with Gasteiger partial charge in [-0.2, -0.15) is 5.10 Å². The van der Waals surface area contributed by atoms with E-state index >= 15 is 0 Å². The highest BCUT2D eigenvalue weighted by atomic mass is 16.5. The normalized spacial score (nSPS) is 11.1. The molecule has 0 bridgehead atoms. The zero-order valence-electron chi connectivity index (χ0n) is 13.5. The molecule has 5 nitrogen and oxygen atoms in total. The van der Waals surface area contributed by atoms with E-state index in [1.54, 1.807) is 7.11 Å². The Morgan fingerprint density at radius 2 is 2.00 bits per heavy atom. The number of hydrogen-bond acceptors (Lipinski definition) is 4. The lowest BCUT2D eigenvalue weighted by atomic mass is 10.2. The van der Waals surface area contributed by atoms with E-state index in [-0.39, 0.29) is 0 Å². The van der Waals surface area contributed by atoms with Crippen molar-refractivity contribution in [2.24, 2.45) is 0 Å². The molecule has 1 N–H and O–H groups in total. The monoisotopic (exact) mass is 288 g/mol. The lowest BCUT2D eigenvalue weighted by Crippen LogP contribution is -2.19. The number of nitrogens with zero attached hydrogens (tertiary/aromatic N) is 3. The second kappa shape index (κ2) is 6.83. The Kier molecular flexibility index (Phi) is 5.09. The second-order valence-electron chi connectivity index (χ2n) is 5.36. The van der Waals surface area contributed by atoms with Crippen molar-refractivity contribution in [3.8, 4) is 5.82 Å². The van der Waals surface area contributed by atoms with E-state index in [0.717, 1.165) is 42.5 Å². The van der Waals surface area contributed by atoms with Crippen LogP contribution in [-0.2, 0) is 11.3 Å². The Labute approximate surface area is 126 Å². The van der Waals surface area contributed by atoms with Crippen molar-refractivity contribution >= 4 is 0 Å². The van der Waals surface area contributed by atoms with Crippen molar-refractivity contribution in [3.63, 3.8) is 0 Å². The van der Waals surface area contributed by atoms with Gasteiger partial charge in [0.2, 0.25) is 0 Å². The summed E-state index contributed by atoms with van der Waals surface area (Å²) in [6.45, 7) is 10.6. The van der Waals surface area contributed by atoms with Crippen molar-refractivity contribution < 1.29 is 4.74 Å². The molecule has 21 heavy (non-hydrogen) atoms. The summed E-state index contributed by atoms with van der Waals surface area (Å²) in [7, 11) is 1.71. The predicted molar refractivity (Wildman–Crippen MR) is 83.9 cm³/mol. The number of pyridine rings is 1. The molecule has 0 fully saturated rings. The number of ether oxygens (including phenoxy) is 1. The molecule has 2 heterocycles. The van der Waals surface area contributed by atoms with Crippen molar-refractivity contribution in [1.29, 1.82) is 0 Å². The summed E-state index contributed by atoms with van der Waals surface area (Å²) in [5.74, 6) is 0.907. The highest BCUT2D eigenvalue weighted by molar-refractivity contribution is 5.38. The van der Waals surface area contributed by atoms with Crippen LogP contribution in [0.3, 0.4) is 0 Å². The summed E-state index contributed by atoms with van der Waals surface area (Å²) in [5.41, 5.74) is 5.73. The molecule has 0 aliphatic carbocycles. The molecule has 0 saturated carbocycles. The lowest BCUT2D eigenvalue weighted by Gasteiger charge is -2.10. The number of methoxy groups -OCH3 is 1. The van der Waals surface area contributed by atoms with Gasteiger partial charge in [0.1, 0.15) is 0 Å². The van der Waals surface area contributed by atoms with E-state index in [9.17, 15) is 0 Å². The fraction of sp³-hybridized carbons (Fsp3) is 0.500. The molecule has 5 heteroatoms. The minimum Gasteiger partial charge on any atom is -0.383 e. The molecular weight excluding hydrogens is 264 g/mol. The first-order chi connectivity index (χ1) is 10.0. The zero-order chi connectivity index (χ0) is 15.4. The van der Waals surface area contributed by atoms with Crippen LogP contribution in [0.2, 0.25) is 0 Å². The maximum atomic E-state index is 5.02. The van der Waals surface area contributed by atoms with Crippen LogP contribution < -0.4 is 5.32 Å². The van der Waals surface area contributed by atoms with E-state index in [1.165, 1.54) is 11.1 Å². The summed E-state index contributed by atoms with van der Waals surface area (Å²) < 4.78 is 6.95. The maximum Gasteiger partial charge on any atom is 0.156 e. The van der Waals surface area contributed by atoms with Crippen LogP contribution in [-0.4, -0.2) is 35.0 Å². The van der Waals surface area contributed by atoms with E-state index in [1.807, 2.05) is 17.8 Å². The van der Waals surface area contributed by atoms with Gasteiger partial charge in [-0.25, -0.2) is 9.67 Å². The minimum absolute atomic E-state index is 0.718. The third-order valence-corrected chi connectivity index (χ3v) is 3.77. The Balaban J connectivity index is 2.17. The average molecular weight is 288 g/mol. The highest BCUT2D eigenvalue weighted by Gasteiger charge is 2.12. The average Bonchev–Trinajstić information content (AvgIpc) is 2.71. The van der Waals surface area contributed by atoms with Crippen LogP contribution >= 0.6 is 0 Å². The van der Waals surface area contributed by atoms with Crippen LogP contribution in [0, 0.1) is 27.7 Å². The summed E-state index contributed by atoms with van der Waals surface area (Å²) in [6, 6.07) is 2.16. The summed E-state index contributed by atoms with van der Waals surface area (Å²) in [4.78, 5) is 4.59. The summed E-state index contributed by atoms with van der Waals surface area (Å²) >= 11 is 0. The van der Waals surface area contributed by atoms with Gasteiger partial charge in [0, 0.05) is 32.1 Å². The van der Waals surface area contributed by atoms with Crippen molar-refractivity contribution in [2.45, 2.75) is 34.2 Å². The van der Waals surface area contributed by atoms with Crippen LogP contribution in [0.5, 0.6) is 0 Å². The van der Waals surface area contributed by atoms with Crippen LogP contribution in [0.15, 0.2) is 12.3 Å². The van der Waals surface area contributed by atoms with Gasteiger partial charge in [0.25, 0.3) is 0 Å². The van der Waals surface area contributed by atoms with Gasteiger partial charge in [-0.05, 0) is 50.5 Å². The van der Waals surface area contributed by atoms with Crippen molar-refractivity contribution in [3.05, 3.63) is 40.3 Å². The van der Waals surface area contributed by atoms with Crippen LogP contribution in [0.25, 0.3) is 5.82 Å².